The lowest BCUT2D eigenvalue weighted by Crippen LogP contribution is -2.47. The number of piperidine rings is 1. The molecule has 4 nitrogen and oxygen atoms in total. The molecule has 1 saturated heterocycles. The van der Waals surface area contributed by atoms with E-state index in [0.717, 1.165) is 37.1 Å². The maximum atomic E-state index is 12.4. The highest BCUT2D eigenvalue weighted by Gasteiger charge is 2.31. The molecule has 1 N–H and O–H groups in total. The Balaban J connectivity index is 1.69. The summed E-state index contributed by atoms with van der Waals surface area (Å²) in [5.74, 6) is 0.902. The molecule has 2 atom stereocenters. The molecule has 2 heterocycles. The predicted octanol–water partition coefficient (Wildman–Crippen LogP) is 1.22. The van der Waals surface area contributed by atoms with Gasteiger partial charge >= 0.3 is 0 Å². The third-order valence-electron chi connectivity index (χ3n) is 3.94. The van der Waals surface area contributed by atoms with Crippen molar-refractivity contribution in [2.45, 2.75) is 25.4 Å². The van der Waals surface area contributed by atoms with Gasteiger partial charge in [0.25, 0.3) is 0 Å². The summed E-state index contributed by atoms with van der Waals surface area (Å²) >= 11 is 0. The van der Waals surface area contributed by atoms with Crippen molar-refractivity contribution < 1.29 is 14.6 Å². The van der Waals surface area contributed by atoms with Crippen LogP contribution in [0.4, 0.5) is 0 Å². The van der Waals surface area contributed by atoms with Gasteiger partial charge in [0.2, 0.25) is 5.91 Å². The smallest absolute Gasteiger partial charge is 0.229 e. The molecule has 1 aromatic rings. The van der Waals surface area contributed by atoms with E-state index in [1.54, 1.807) is 4.90 Å². The van der Waals surface area contributed by atoms with Crippen LogP contribution in [0.5, 0.6) is 5.75 Å². The Morgan fingerprint density at radius 3 is 3.05 bits per heavy atom. The number of hydrogen-bond acceptors (Lipinski definition) is 3. The highest BCUT2D eigenvalue weighted by Crippen LogP contribution is 2.28. The average molecular weight is 261 g/mol. The molecule has 0 radical (unpaired) electrons. The molecule has 0 saturated carbocycles. The summed E-state index contributed by atoms with van der Waals surface area (Å²) < 4.78 is 5.66. The fraction of sp³-hybridized carbons (Fsp3) is 0.533. The van der Waals surface area contributed by atoms with Crippen LogP contribution in [0.1, 0.15) is 18.4 Å². The number of likely N-dealkylation sites (tertiary alicyclic amines) is 1. The molecule has 0 spiro atoms. The maximum absolute atomic E-state index is 12.4. The van der Waals surface area contributed by atoms with E-state index in [1.165, 1.54) is 0 Å². The summed E-state index contributed by atoms with van der Waals surface area (Å²) in [6.45, 7) is 1.67. The molecule has 2 aliphatic heterocycles. The minimum atomic E-state index is -0.366. The largest absolute Gasteiger partial charge is 0.492 e. The molecule has 3 rings (SSSR count). The van der Waals surface area contributed by atoms with Crippen LogP contribution in [0.25, 0.3) is 0 Å². The minimum absolute atomic E-state index is 0.111. The van der Waals surface area contributed by atoms with Crippen LogP contribution in [0, 0.1) is 5.92 Å². The fourth-order valence-corrected chi connectivity index (χ4v) is 2.90. The number of aliphatic hydroxyl groups is 1. The number of aliphatic hydroxyl groups excluding tert-OH is 1. The van der Waals surface area contributed by atoms with Crippen LogP contribution >= 0.6 is 0 Å². The van der Waals surface area contributed by atoms with E-state index in [-0.39, 0.29) is 17.9 Å². The molecule has 0 aliphatic carbocycles. The zero-order chi connectivity index (χ0) is 13.2. The number of rotatable bonds is 1. The number of para-hydroxylation sites is 1. The van der Waals surface area contributed by atoms with Gasteiger partial charge < -0.3 is 14.7 Å². The standard InChI is InChI=1S/C15H19NO3/c17-13-5-3-7-16(9-13)15(18)12-8-11-4-1-2-6-14(11)19-10-12/h1-2,4,6,12-13,17H,3,5,7-10H2/t12?,13-/m0/s1. The fourth-order valence-electron chi connectivity index (χ4n) is 2.90. The SMILES string of the molecule is O=C(C1COc2ccccc2C1)N1CCC[C@H](O)C1. The second kappa shape index (κ2) is 5.21. The zero-order valence-corrected chi connectivity index (χ0v) is 10.9. The molecule has 1 unspecified atom stereocenters. The third kappa shape index (κ3) is 2.59. The number of ether oxygens (including phenoxy) is 1. The van der Waals surface area contributed by atoms with E-state index in [0.29, 0.717) is 13.2 Å². The first-order chi connectivity index (χ1) is 9.24. The Labute approximate surface area is 113 Å². The Bertz CT molecular complexity index is 474. The summed E-state index contributed by atoms with van der Waals surface area (Å²) in [4.78, 5) is 14.2. The van der Waals surface area contributed by atoms with Crippen LogP contribution in [-0.4, -0.2) is 41.7 Å². The topological polar surface area (TPSA) is 49.8 Å². The number of carbonyl (C=O) groups excluding carboxylic acids is 1. The van der Waals surface area contributed by atoms with Gasteiger partial charge in [0.05, 0.1) is 12.0 Å². The van der Waals surface area contributed by atoms with Gasteiger partial charge in [0, 0.05) is 13.1 Å². The van der Waals surface area contributed by atoms with E-state index in [2.05, 4.69) is 0 Å². The highest BCUT2D eigenvalue weighted by molar-refractivity contribution is 5.80. The molecule has 1 fully saturated rings. The third-order valence-corrected chi connectivity index (χ3v) is 3.94. The van der Waals surface area contributed by atoms with Crippen LogP contribution in [0.15, 0.2) is 24.3 Å². The van der Waals surface area contributed by atoms with E-state index < -0.39 is 0 Å². The van der Waals surface area contributed by atoms with Crippen molar-refractivity contribution in [3.63, 3.8) is 0 Å². The van der Waals surface area contributed by atoms with Gasteiger partial charge in [-0.15, -0.1) is 0 Å². The lowest BCUT2D eigenvalue weighted by molar-refractivity contribution is -0.140. The Morgan fingerprint density at radius 1 is 1.37 bits per heavy atom. The Kier molecular flexibility index (Phi) is 3.42. The van der Waals surface area contributed by atoms with Crippen molar-refractivity contribution in [2.24, 2.45) is 5.92 Å². The van der Waals surface area contributed by atoms with E-state index >= 15 is 0 Å². The lowest BCUT2D eigenvalue weighted by atomic mass is 9.94. The molecule has 1 amide bonds. The minimum Gasteiger partial charge on any atom is -0.492 e. The van der Waals surface area contributed by atoms with Crippen LogP contribution in [0.2, 0.25) is 0 Å². The maximum Gasteiger partial charge on any atom is 0.229 e. The second-order valence-corrected chi connectivity index (χ2v) is 5.40. The number of hydrogen-bond donors (Lipinski definition) is 1. The molecule has 19 heavy (non-hydrogen) atoms. The van der Waals surface area contributed by atoms with Crippen molar-refractivity contribution in [3.8, 4) is 5.75 Å². The summed E-state index contributed by atoms with van der Waals surface area (Å²) in [6.07, 6.45) is 2.06. The van der Waals surface area contributed by atoms with Gasteiger partial charge in [-0.2, -0.15) is 0 Å². The number of fused-ring (bicyclic) bond motifs is 1. The molecular weight excluding hydrogens is 242 g/mol. The highest BCUT2D eigenvalue weighted by atomic mass is 16.5. The number of amides is 1. The van der Waals surface area contributed by atoms with Gasteiger partial charge in [-0.3, -0.25) is 4.79 Å². The first kappa shape index (κ1) is 12.5. The first-order valence-corrected chi connectivity index (χ1v) is 6.91. The number of benzene rings is 1. The zero-order valence-electron chi connectivity index (χ0n) is 10.9. The number of carbonyl (C=O) groups is 1. The summed E-state index contributed by atoms with van der Waals surface area (Å²) in [5, 5.41) is 9.66. The normalized spacial score (nSPS) is 26.5. The molecule has 102 valence electrons. The Morgan fingerprint density at radius 2 is 2.21 bits per heavy atom. The van der Waals surface area contributed by atoms with Gasteiger partial charge in [-0.05, 0) is 30.9 Å². The molecular formula is C15H19NO3. The van der Waals surface area contributed by atoms with Crippen molar-refractivity contribution >= 4 is 5.91 Å². The van der Waals surface area contributed by atoms with Crippen molar-refractivity contribution in [3.05, 3.63) is 29.8 Å². The first-order valence-electron chi connectivity index (χ1n) is 6.91. The second-order valence-electron chi connectivity index (χ2n) is 5.40. The van der Waals surface area contributed by atoms with E-state index in [9.17, 15) is 9.90 Å². The summed E-state index contributed by atoms with van der Waals surface area (Å²) in [5.41, 5.74) is 1.10. The quantitative estimate of drug-likeness (QED) is 0.827. The number of β-amino-alcohol motifs (C(OH)–C–C–N with tert-alkyl or cyclic N) is 1. The number of nitrogens with zero attached hydrogens (tertiary/aromatic N) is 1. The van der Waals surface area contributed by atoms with Gasteiger partial charge in [-0.25, -0.2) is 0 Å². The van der Waals surface area contributed by atoms with Gasteiger partial charge in [0.1, 0.15) is 12.4 Å². The molecule has 2 aliphatic rings. The lowest BCUT2D eigenvalue weighted by Gasteiger charge is -2.34. The van der Waals surface area contributed by atoms with Crippen molar-refractivity contribution in [1.82, 2.24) is 4.90 Å². The monoisotopic (exact) mass is 261 g/mol. The van der Waals surface area contributed by atoms with Crippen molar-refractivity contribution in [2.75, 3.05) is 19.7 Å². The summed E-state index contributed by atoms with van der Waals surface area (Å²) in [6, 6.07) is 7.88. The molecule has 0 bridgehead atoms. The van der Waals surface area contributed by atoms with Crippen molar-refractivity contribution in [1.29, 1.82) is 0 Å². The van der Waals surface area contributed by atoms with E-state index in [4.69, 9.17) is 4.74 Å². The molecule has 4 heteroatoms. The van der Waals surface area contributed by atoms with Crippen LogP contribution in [-0.2, 0) is 11.2 Å². The van der Waals surface area contributed by atoms with E-state index in [1.807, 2.05) is 24.3 Å². The van der Waals surface area contributed by atoms with Gasteiger partial charge in [0.15, 0.2) is 0 Å². The Hall–Kier alpha value is -1.55. The molecule has 1 aromatic carbocycles. The molecule has 0 aromatic heterocycles. The summed E-state index contributed by atoms with van der Waals surface area (Å²) in [7, 11) is 0. The van der Waals surface area contributed by atoms with Gasteiger partial charge in [-0.1, -0.05) is 18.2 Å². The predicted molar refractivity (Wildman–Crippen MR) is 71.0 cm³/mol. The van der Waals surface area contributed by atoms with Crippen LogP contribution < -0.4 is 4.74 Å². The van der Waals surface area contributed by atoms with Crippen LogP contribution in [0.3, 0.4) is 0 Å². The average Bonchev–Trinajstić information content (AvgIpc) is 2.46.